The molecule has 0 saturated heterocycles. The number of alkyl carbamates (subject to hydrolysis) is 1. The van der Waals surface area contributed by atoms with Crippen molar-refractivity contribution >= 4 is 18.0 Å². The molecule has 0 aromatic heterocycles. The maximum atomic E-state index is 12.5. The number of methoxy groups -OCH3 is 1. The maximum absolute atomic E-state index is 12.5. The Bertz CT molecular complexity index is 797. The van der Waals surface area contributed by atoms with Crippen LogP contribution in [0.1, 0.15) is 11.1 Å². The number of hydrogen-bond acceptors (Lipinski definition) is 6. The monoisotopic (exact) mass is 400 g/mol. The van der Waals surface area contributed by atoms with Crippen molar-refractivity contribution in [1.29, 1.82) is 0 Å². The van der Waals surface area contributed by atoms with Gasteiger partial charge in [0.15, 0.2) is 0 Å². The molecule has 154 valence electrons. The van der Waals surface area contributed by atoms with Gasteiger partial charge in [0.05, 0.1) is 13.7 Å². The third-order valence-electron chi connectivity index (χ3n) is 4.09. The highest BCUT2D eigenvalue weighted by Crippen LogP contribution is 2.05. The van der Waals surface area contributed by atoms with Gasteiger partial charge < -0.3 is 25.2 Å². The van der Waals surface area contributed by atoms with Gasteiger partial charge in [-0.15, -0.1) is 0 Å². The molecule has 0 aliphatic rings. The molecule has 0 spiro atoms. The van der Waals surface area contributed by atoms with Crippen LogP contribution in [-0.2, 0) is 32.1 Å². The lowest BCUT2D eigenvalue weighted by Crippen LogP contribution is -2.54. The van der Waals surface area contributed by atoms with Crippen molar-refractivity contribution in [3.63, 3.8) is 0 Å². The van der Waals surface area contributed by atoms with Crippen LogP contribution in [0.25, 0.3) is 0 Å². The maximum Gasteiger partial charge on any atom is 0.408 e. The Morgan fingerprint density at radius 1 is 0.897 bits per heavy atom. The molecule has 2 atom stereocenters. The molecule has 0 saturated carbocycles. The molecule has 2 aromatic rings. The Labute approximate surface area is 168 Å². The fraction of sp³-hybridized carbons (Fsp3) is 0.286. The molecule has 29 heavy (non-hydrogen) atoms. The van der Waals surface area contributed by atoms with E-state index in [0.29, 0.717) is 0 Å². The Balaban J connectivity index is 1.93. The number of esters is 1. The molecule has 2 rings (SSSR count). The van der Waals surface area contributed by atoms with Gasteiger partial charge in [-0.25, -0.2) is 9.59 Å². The molecule has 2 aromatic carbocycles. The van der Waals surface area contributed by atoms with Gasteiger partial charge in [-0.05, 0) is 11.1 Å². The summed E-state index contributed by atoms with van der Waals surface area (Å²) in [5.41, 5.74) is 1.60. The molecule has 0 radical (unpaired) electrons. The summed E-state index contributed by atoms with van der Waals surface area (Å²) in [5, 5.41) is 14.3. The SMILES string of the molecule is COC(=O)[C@H](Cc1ccccc1)NC(=O)[C@H](CO)NC(=O)OCc1ccccc1. The van der Waals surface area contributed by atoms with Crippen LogP contribution in [0.2, 0.25) is 0 Å². The van der Waals surface area contributed by atoms with Crippen LogP contribution in [0.5, 0.6) is 0 Å². The van der Waals surface area contributed by atoms with Crippen molar-refractivity contribution in [2.24, 2.45) is 0 Å². The number of aliphatic hydroxyl groups excluding tert-OH is 1. The second-order valence-electron chi connectivity index (χ2n) is 6.22. The van der Waals surface area contributed by atoms with E-state index in [4.69, 9.17) is 9.47 Å². The normalized spacial score (nSPS) is 12.3. The van der Waals surface area contributed by atoms with E-state index >= 15 is 0 Å². The van der Waals surface area contributed by atoms with Crippen LogP contribution in [0.15, 0.2) is 60.7 Å². The molecular formula is C21H24N2O6. The second-order valence-corrected chi connectivity index (χ2v) is 6.22. The van der Waals surface area contributed by atoms with Gasteiger partial charge in [-0.3, -0.25) is 4.79 Å². The first kappa shape index (κ1) is 21.9. The summed E-state index contributed by atoms with van der Waals surface area (Å²) >= 11 is 0. The fourth-order valence-electron chi connectivity index (χ4n) is 2.56. The lowest BCUT2D eigenvalue weighted by molar-refractivity contribution is -0.145. The number of nitrogens with one attached hydrogen (secondary N) is 2. The van der Waals surface area contributed by atoms with E-state index in [2.05, 4.69) is 10.6 Å². The highest BCUT2D eigenvalue weighted by Gasteiger charge is 2.27. The summed E-state index contributed by atoms with van der Waals surface area (Å²) in [7, 11) is 1.22. The number of benzene rings is 2. The first-order valence-electron chi connectivity index (χ1n) is 9.03. The van der Waals surface area contributed by atoms with E-state index in [-0.39, 0.29) is 13.0 Å². The molecule has 8 nitrogen and oxygen atoms in total. The summed E-state index contributed by atoms with van der Waals surface area (Å²) in [6.07, 6.45) is -0.656. The average Bonchev–Trinajstić information content (AvgIpc) is 2.76. The molecular weight excluding hydrogens is 376 g/mol. The minimum absolute atomic E-state index is 0.0191. The highest BCUT2D eigenvalue weighted by atomic mass is 16.5. The minimum atomic E-state index is -1.28. The Hall–Kier alpha value is -3.39. The van der Waals surface area contributed by atoms with E-state index in [1.807, 2.05) is 36.4 Å². The third-order valence-corrected chi connectivity index (χ3v) is 4.09. The molecule has 0 aliphatic heterocycles. The number of hydrogen-bond donors (Lipinski definition) is 3. The van der Waals surface area contributed by atoms with E-state index in [0.717, 1.165) is 11.1 Å². The van der Waals surface area contributed by atoms with Crippen LogP contribution < -0.4 is 10.6 Å². The summed E-state index contributed by atoms with van der Waals surface area (Å²) in [6, 6.07) is 15.9. The van der Waals surface area contributed by atoms with Gasteiger partial charge in [-0.2, -0.15) is 0 Å². The topological polar surface area (TPSA) is 114 Å². The van der Waals surface area contributed by atoms with Crippen molar-refractivity contribution in [3.05, 3.63) is 71.8 Å². The molecule has 3 N–H and O–H groups in total. The van der Waals surface area contributed by atoms with E-state index < -0.39 is 36.7 Å². The molecule has 8 heteroatoms. The van der Waals surface area contributed by atoms with Gasteiger partial charge >= 0.3 is 12.1 Å². The van der Waals surface area contributed by atoms with Gasteiger partial charge in [0.25, 0.3) is 0 Å². The number of aliphatic hydroxyl groups is 1. The first-order chi connectivity index (χ1) is 14.0. The zero-order valence-electron chi connectivity index (χ0n) is 16.0. The minimum Gasteiger partial charge on any atom is -0.467 e. The Kier molecular flexibility index (Phi) is 8.65. The van der Waals surface area contributed by atoms with Gasteiger partial charge in [0, 0.05) is 6.42 Å². The molecule has 2 amide bonds. The summed E-state index contributed by atoms with van der Waals surface area (Å²) in [6.45, 7) is -0.642. The largest absolute Gasteiger partial charge is 0.467 e. The van der Waals surface area contributed by atoms with E-state index in [1.165, 1.54) is 7.11 Å². The molecule has 0 aliphatic carbocycles. The summed E-state index contributed by atoms with van der Waals surface area (Å²) in [4.78, 5) is 36.4. The number of ether oxygens (including phenoxy) is 2. The molecule has 0 bridgehead atoms. The first-order valence-corrected chi connectivity index (χ1v) is 9.03. The Morgan fingerprint density at radius 2 is 1.48 bits per heavy atom. The predicted octanol–water partition coefficient (Wildman–Crippen LogP) is 1.17. The highest BCUT2D eigenvalue weighted by molar-refractivity contribution is 5.89. The molecule has 0 fully saturated rings. The zero-order valence-corrected chi connectivity index (χ0v) is 16.0. The number of rotatable bonds is 9. The van der Waals surface area contributed by atoms with Crippen molar-refractivity contribution in [2.75, 3.05) is 13.7 Å². The summed E-state index contributed by atoms with van der Waals surface area (Å²) in [5.74, 6) is -1.36. The smallest absolute Gasteiger partial charge is 0.408 e. The van der Waals surface area contributed by atoms with Crippen LogP contribution in [-0.4, -0.2) is 48.9 Å². The lowest BCUT2D eigenvalue weighted by Gasteiger charge is -2.21. The van der Waals surface area contributed by atoms with Gasteiger partial charge in [0.2, 0.25) is 5.91 Å². The van der Waals surface area contributed by atoms with Crippen molar-refractivity contribution < 1.29 is 29.0 Å². The van der Waals surface area contributed by atoms with E-state index in [1.54, 1.807) is 24.3 Å². The second kappa shape index (κ2) is 11.5. The van der Waals surface area contributed by atoms with Crippen LogP contribution in [0, 0.1) is 0 Å². The van der Waals surface area contributed by atoms with E-state index in [9.17, 15) is 19.5 Å². The van der Waals surface area contributed by atoms with Crippen LogP contribution in [0.4, 0.5) is 4.79 Å². The number of amides is 2. The zero-order chi connectivity index (χ0) is 21.1. The number of carbonyl (C=O) groups is 3. The predicted molar refractivity (Wildman–Crippen MR) is 105 cm³/mol. The molecule has 0 heterocycles. The standard InChI is InChI=1S/C21H24N2O6/c1-28-20(26)17(12-15-8-4-2-5-9-15)22-19(25)18(13-24)23-21(27)29-14-16-10-6-3-7-11-16/h2-11,17-18,24H,12-14H2,1H3,(H,22,25)(H,23,27)/t17-,18-/m0/s1. The van der Waals surface area contributed by atoms with Crippen molar-refractivity contribution in [3.8, 4) is 0 Å². The third kappa shape index (κ3) is 7.27. The summed E-state index contributed by atoms with van der Waals surface area (Å²) < 4.78 is 9.79. The van der Waals surface area contributed by atoms with Gasteiger partial charge in [0.1, 0.15) is 18.7 Å². The van der Waals surface area contributed by atoms with Crippen LogP contribution >= 0.6 is 0 Å². The Morgan fingerprint density at radius 3 is 2.03 bits per heavy atom. The van der Waals surface area contributed by atoms with Crippen LogP contribution in [0.3, 0.4) is 0 Å². The van der Waals surface area contributed by atoms with Crippen molar-refractivity contribution in [2.45, 2.75) is 25.1 Å². The van der Waals surface area contributed by atoms with Gasteiger partial charge in [-0.1, -0.05) is 60.7 Å². The lowest BCUT2D eigenvalue weighted by atomic mass is 10.1. The average molecular weight is 400 g/mol. The quantitative estimate of drug-likeness (QED) is 0.545. The van der Waals surface area contributed by atoms with Crippen molar-refractivity contribution in [1.82, 2.24) is 10.6 Å². The molecule has 0 unspecified atom stereocenters. The number of carbonyl (C=O) groups excluding carboxylic acids is 3. The fourth-order valence-corrected chi connectivity index (χ4v) is 2.56.